The molecule has 0 heterocycles. The molecule has 86 valence electrons. The van der Waals surface area contributed by atoms with Gasteiger partial charge in [-0.05, 0) is 19.3 Å². The third-order valence-corrected chi connectivity index (χ3v) is 2.81. The molecule has 0 radical (unpaired) electrons. The molecule has 5 N–H and O–H groups in total. The Balaban J connectivity index is 2.36. The molecule has 1 fully saturated rings. The molecule has 15 heavy (non-hydrogen) atoms. The number of carbonyl (C=O) groups excluding carboxylic acids is 2. The summed E-state index contributed by atoms with van der Waals surface area (Å²) in [4.78, 5) is 22.3. The highest BCUT2D eigenvalue weighted by Gasteiger charge is 2.26. The maximum Gasteiger partial charge on any atom is 0.221 e. The Labute approximate surface area is 89.6 Å². The average Bonchev–Trinajstić information content (AvgIpc) is 2.18. The lowest BCUT2D eigenvalue weighted by Crippen LogP contribution is -2.41. The molecule has 0 aliphatic heterocycles. The van der Waals surface area contributed by atoms with Crippen LogP contribution in [0.4, 0.5) is 0 Å². The van der Waals surface area contributed by atoms with E-state index in [4.69, 9.17) is 11.5 Å². The molecule has 0 bridgehead atoms. The Morgan fingerprint density at radius 2 is 2.07 bits per heavy atom. The van der Waals surface area contributed by atoms with E-state index in [0.717, 1.165) is 19.3 Å². The van der Waals surface area contributed by atoms with Crippen molar-refractivity contribution in [2.24, 2.45) is 17.4 Å². The van der Waals surface area contributed by atoms with Gasteiger partial charge in [0.15, 0.2) is 0 Å². The molecule has 1 aliphatic carbocycles. The number of hydrogen-bond donors (Lipinski definition) is 3. The second-order valence-corrected chi connectivity index (χ2v) is 4.07. The van der Waals surface area contributed by atoms with Crippen LogP contribution in [0.3, 0.4) is 0 Å². The van der Waals surface area contributed by atoms with E-state index >= 15 is 0 Å². The minimum atomic E-state index is -0.257. The van der Waals surface area contributed by atoms with E-state index in [1.807, 2.05) is 0 Å². The van der Waals surface area contributed by atoms with Crippen molar-refractivity contribution in [3.63, 3.8) is 0 Å². The number of carbonyl (C=O) groups is 2. The first-order valence-corrected chi connectivity index (χ1v) is 5.42. The highest BCUT2D eigenvalue weighted by Crippen LogP contribution is 2.23. The van der Waals surface area contributed by atoms with Crippen LogP contribution in [0.1, 0.15) is 32.1 Å². The van der Waals surface area contributed by atoms with Gasteiger partial charge in [0, 0.05) is 24.9 Å². The van der Waals surface area contributed by atoms with Crippen LogP contribution in [0.2, 0.25) is 0 Å². The molecule has 0 saturated heterocycles. The zero-order chi connectivity index (χ0) is 11.3. The molecule has 5 heteroatoms. The summed E-state index contributed by atoms with van der Waals surface area (Å²) < 4.78 is 0. The van der Waals surface area contributed by atoms with Crippen molar-refractivity contribution in [1.82, 2.24) is 5.32 Å². The van der Waals surface area contributed by atoms with Crippen LogP contribution in [0, 0.1) is 5.92 Å². The van der Waals surface area contributed by atoms with E-state index < -0.39 is 0 Å². The standard InChI is InChI=1S/C10H19N3O2/c11-5-4-9(14)13-8-3-1-2-7(6-8)10(12)15/h7-8H,1-6,11H2,(H2,12,15)(H,13,14). The highest BCUT2D eigenvalue weighted by atomic mass is 16.2. The van der Waals surface area contributed by atoms with Crippen LogP contribution in [0.25, 0.3) is 0 Å². The second-order valence-electron chi connectivity index (χ2n) is 4.07. The first kappa shape index (κ1) is 12.0. The van der Waals surface area contributed by atoms with Gasteiger partial charge in [-0.15, -0.1) is 0 Å². The zero-order valence-electron chi connectivity index (χ0n) is 8.87. The number of nitrogens with two attached hydrogens (primary N) is 2. The van der Waals surface area contributed by atoms with Gasteiger partial charge in [-0.2, -0.15) is 0 Å². The molecule has 1 saturated carbocycles. The van der Waals surface area contributed by atoms with Gasteiger partial charge >= 0.3 is 0 Å². The van der Waals surface area contributed by atoms with E-state index in [9.17, 15) is 9.59 Å². The van der Waals surface area contributed by atoms with E-state index in [-0.39, 0.29) is 23.8 Å². The maximum absolute atomic E-state index is 11.3. The van der Waals surface area contributed by atoms with Gasteiger partial charge in [-0.1, -0.05) is 6.42 Å². The van der Waals surface area contributed by atoms with Gasteiger partial charge in [0.2, 0.25) is 11.8 Å². The van der Waals surface area contributed by atoms with Crippen LogP contribution in [0.15, 0.2) is 0 Å². The van der Waals surface area contributed by atoms with Crippen LogP contribution < -0.4 is 16.8 Å². The molecule has 0 aromatic heterocycles. The Kier molecular flexibility index (Phi) is 4.55. The predicted octanol–water partition coefficient (Wildman–Crippen LogP) is -0.504. The number of primary amides is 1. The van der Waals surface area contributed by atoms with Gasteiger partial charge in [-0.3, -0.25) is 9.59 Å². The Morgan fingerprint density at radius 1 is 1.33 bits per heavy atom. The van der Waals surface area contributed by atoms with Crippen LogP contribution in [-0.4, -0.2) is 24.4 Å². The van der Waals surface area contributed by atoms with Crippen molar-refractivity contribution in [1.29, 1.82) is 0 Å². The molecule has 0 aromatic carbocycles. The van der Waals surface area contributed by atoms with E-state index in [1.54, 1.807) is 0 Å². The molecule has 0 spiro atoms. The fraction of sp³-hybridized carbons (Fsp3) is 0.800. The van der Waals surface area contributed by atoms with Gasteiger partial charge in [-0.25, -0.2) is 0 Å². The minimum Gasteiger partial charge on any atom is -0.369 e. The molecule has 5 nitrogen and oxygen atoms in total. The number of hydrogen-bond acceptors (Lipinski definition) is 3. The topological polar surface area (TPSA) is 98.2 Å². The summed E-state index contributed by atoms with van der Waals surface area (Å²) >= 11 is 0. The minimum absolute atomic E-state index is 0.0346. The molecule has 2 atom stereocenters. The van der Waals surface area contributed by atoms with Crippen LogP contribution in [0.5, 0.6) is 0 Å². The first-order chi connectivity index (χ1) is 7.13. The van der Waals surface area contributed by atoms with Gasteiger partial charge < -0.3 is 16.8 Å². The third-order valence-electron chi connectivity index (χ3n) is 2.81. The van der Waals surface area contributed by atoms with Crippen molar-refractivity contribution in [3.8, 4) is 0 Å². The van der Waals surface area contributed by atoms with Gasteiger partial charge in [0.05, 0.1) is 0 Å². The van der Waals surface area contributed by atoms with Crippen molar-refractivity contribution in [3.05, 3.63) is 0 Å². The molecule has 0 aromatic rings. The summed E-state index contributed by atoms with van der Waals surface area (Å²) in [5, 5.41) is 2.88. The first-order valence-electron chi connectivity index (χ1n) is 5.42. The lowest BCUT2D eigenvalue weighted by molar-refractivity contribution is -0.125. The molecular formula is C10H19N3O2. The smallest absolute Gasteiger partial charge is 0.221 e. The van der Waals surface area contributed by atoms with Crippen molar-refractivity contribution < 1.29 is 9.59 Å². The van der Waals surface area contributed by atoms with Crippen molar-refractivity contribution in [2.75, 3.05) is 6.54 Å². The quantitative estimate of drug-likeness (QED) is 0.587. The molecular weight excluding hydrogens is 194 g/mol. The van der Waals surface area contributed by atoms with Crippen molar-refractivity contribution in [2.45, 2.75) is 38.1 Å². The monoisotopic (exact) mass is 213 g/mol. The van der Waals surface area contributed by atoms with Crippen molar-refractivity contribution >= 4 is 11.8 Å². The summed E-state index contributed by atoms with van der Waals surface area (Å²) in [6.07, 6.45) is 3.74. The van der Waals surface area contributed by atoms with Gasteiger partial charge in [0.1, 0.15) is 0 Å². The van der Waals surface area contributed by atoms with Gasteiger partial charge in [0.25, 0.3) is 0 Å². The Bertz CT molecular complexity index is 243. The number of rotatable bonds is 4. The Morgan fingerprint density at radius 3 is 2.67 bits per heavy atom. The fourth-order valence-electron chi connectivity index (χ4n) is 2.01. The predicted molar refractivity (Wildman–Crippen MR) is 56.8 cm³/mol. The summed E-state index contributed by atoms with van der Waals surface area (Å²) in [5.74, 6) is -0.373. The second kappa shape index (κ2) is 5.70. The molecule has 2 amide bonds. The molecule has 1 rings (SSSR count). The average molecular weight is 213 g/mol. The number of amides is 2. The highest BCUT2D eigenvalue weighted by molar-refractivity contribution is 5.78. The normalized spacial score (nSPS) is 25.9. The summed E-state index contributed by atoms with van der Waals surface area (Å²) in [7, 11) is 0. The van der Waals surface area contributed by atoms with E-state index in [0.29, 0.717) is 19.4 Å². The summed E-state index contributed by atoms with van der Waals surface area (Å²) in [5.41, 5.74) is 10.5. The Hall–Kier alpha value is -1.10. The van der Waals surface area contributed by atoms with E-state index in [2.05, 4.69) is 5.32 Å². The largest absolute Gasteiger partial charge is 0.369 e. The summed E-state index contributed by atoms with van der Waals surface area (Å²) in [6.45, 7) is 0.359. The van der Waals surface area contributed by atoms with E-state index in [1.165, 1.54) is 0 Å². The van der Waals surface area contributed by atoms with Crippen LogP contribution >= 0.6 is 0 Å². The summed E-state index contributed by atoms with van der Waals surface area (Å²) in [6, 6.07) is 0.0929. The lowest BCUT2D eigenvalue weighted by Gasteiger charge is -2.27. The molecule has 1 aliphatic rings. The lowest BCUT2D eigenvalue weighted by atomic mass is 9.85. The SMILES string of the molecule is NCCC(=O)NC1CCCC(C(N)=O)C1. The third kappa shape index (κ3) is 3.87. The number of nitrogens with one attached hydrogen (secondary N) is 1. The van der Waals surface area contributed by atoms with Crippen LogP contribution in [-0.2, 0) is 9.59 Å². The maximum atomic E-state index is 11.3. The fourth-order valence-corrected chi connectivity index (χ4v) is 2.01. The molecule has 2 unspecified atom stereocenters. The zero-order valence-corrected chi connectivity index (χ0v) is 8.87.